The van der Waals surface area contributed by atoms with Crippen molar-refractivity contribution in [3.8, 4) is 0 Å². The zero-order chi connectivity index (χ0) is 13.4. The second kappa shape index (κ2) is 6.14. The summed E-state index contributed by atoms with van der Waals surface area (Å²) in [4.78, 5) is 19.5. The van der Waals surface area contributed by atoms with E-state index < -0.39 is 0 Å². The first-order chi connectivity index (χ1) is 9.19. The van der Waals surface area contributed by atoms with Gasteiger partial charge in [0.05, 0.1) is 0 Å². The Morgan fingerprint density at radius 3 is 2.90 bits per heavy atom. The maximum Gasteiger partial charge on any atom is 0.246 e. The maximum atomic E-state index is 11.4. The Kier molecular flexibility index (Phi) is 4.70. The Balaban J connectivity index is 0.00000147. The van der Waals surface area contributed by atoms with Gasteiger partial charge in [-0.15, -0.1) is 23.7 Å². The van der Waals surface area contributed by atoms with Gasteiger partial charge in [-0.2, -0.15) is 0 Å². The van der Waals surface area contributed by atoms with Gasteiger partial charge in [-0.3, -0.25) is 10.1 Å². The van der Waals surface area contributed by atoms with Gasteiger partial charge in [0.2, 0.25) is 11.9 Å². The maximum absolute atomic E-state index is 11.4. The molecule has 0 aromatic carbocycles. The van der Waals surface area contributed by atoms with E-state index in [1.54, 1.807) is 11.3 Å². The standard InChI is InChI=1S/C14H19N3OS.ClH/c1-3-4-5-6-11-9(2)10-7-17-8-12(18)15-14(17)16-13(10)19-11;/h3-8H2,1-2H3,(H,15,16,18);1H. The molecule has 110 valence electrons. The molecule has 2 aliphatic rings. The van der Waals surface area contributed by atoms with Gasteiger partial charge in [0.25, 0.3) is 0 Å². The molecule has 0 aliphatic carbocycles. The minimum Gasteiger partial charge on any atom is -0.329 e. The first-order valence-electron chi connectivity index (χ1n) is 6.93. The number of guanidine groups is 1. The van der Waals surface area contributed by atoms with E-state index in [0.29, 0.717) is 6.54 Å². The predicted octanol–water partition coefficient (Wildman–Crippen LogP) is 3.14. The van der Waals surface area contributed by atoms with E-state index in [1.165, 1.54) is 35.3 Å². The third kappa shape index (κ3) is 2.69. The van der Waals surface area contributed by atoms with Gasteiger partial charge >= 0.3 is 0 Å². The molecule has 0 bridgehead atoms. The van der Waals surface area contributed by atoms with Gasteiger partial charge in [-0.25, -0.2) is 4.99 Å². The number of nitrogens with one attached hydrogen (secondary N) is 1. The number of rotatable bonds is 4. The summed E-state index contributed by atoms with van der Waals surface area (Å²) in [7, 11) is 0. The van der Waals surface area contributed by atoms with E-state index in [9.17, 15) is 4.79 Å². The van der Waals surface area contributed by atoms with Crippen molar-refractivity contribution >= 4 is 40.6 Å². The van der Waals surface area contributed by atoms with Gasteiger partial charge < -0.3 is 4.90 Å². The minimum atomic E-state index is 0. The quantitative estimate of drug-likeness (QED) is 0.868. The summed E-state index contributed by atoms with van der Waals surface area (Å²) >= 11 is 1.80. The summed E-state index contributed by atoms with van der Waals surface area (Å²) in [5.41, 5.74) is 2.70. The summed E-state index contributed by atoms with van der Waals surface area (Å²) < 4.78 is 0. The van der Waals surface area contributed by atoms with Crippen LogP contribution in [0.4, 0.5) is 5.00 Å². The molecule has 20 heavy (non-hydrogen) atoms. The van der Waals surface area contributed by atoms with Crippen LogP contribution in [0, 0.1) is 6.92 Å². The van der Waals surface area contributed by atoms with Crippen LogP contribution in [0.15, 0.2) is 4.99 Å². The predicted molar refractivity (Wildman–Crippen MR) is 85.2 cm³/mol. The van der Waals surface area contributed by atoms with Gasteiger partial charge in [-0.05, 0) is 25.3 Å². The third-order valence-electron chi connectivity index (χ3n) is 3.80. The van der Waals surface area contributed by atoms with Crippen molar-refractivity contribution in [2.45, 2.75) is 46.1 Å². The molecule has 3 heterocycles. The number of carbonyl (C=O) groups excluding carboxylic acids is 1. The lowest BCUT2D eigenvalue weighted by Gasteiger charge is -2.20. The van der Waals surface area contributed by atoms with Crippen LogP contribution in [-0.2, 0) is 17.8 Å². The summed E-state index contributed by atoms with van der Waals surface area (Å²) in [6.45, 7) is 5.69. The molecule has 1 saturated heterocycles. The van der Waals surface area contributed by atoms with Crippen LogP contribution in [0.3, 0.4) is 0 Å². The molecule has 3 rings (SSSR count). The second-order valence-corrected chi connectivity index (χ2v) is 6.31. The Bertz CT molecular complexity index is 553. The largest absolute Gasteiger partial charge is 0.329 e. The van der Waals surface area contributed by atoms with E-state index in [-0.39, 0.29) is 18.3 Å². The zero-order valence-electron chi connectivity index (χ0n) is 11.9. The van der Waals surface area contributed by atoms with Crippen LogP contribution >= 0.6 is 23.7 Å². The summed E-state index contributed by atoms with van der Waals surface area (Å²) in [5.74, 6) is 0.786. The fourth-order valence-electron chi connectivity index (χ4n) is 2.64. The molecule has 4 nitrogen and oxygen atoms in total. The number of fused-ring (bicyclic) bond motifs is 2. The van der Waals surface area contributed by atoms with E-state index >= 15 is 0 Å². The molecule has 1 fully saturated rings. The Morgan fingerprint density at radius 2 is 2.15 bits per heavy atom. The molecule has 1 N–H and O–H groups in total. The normalized spacial score (nSPS) is 16.2. The van der Waals surface area contributed by atoms with Crippen molar-refractivity contribution in [3.63, 3.8) is 0 Å². The average molecular weight is 314 g/mol. The molecule has 1 amide bonds. The number of hydrogen-bond donors (Lipinski definition) is 1. The molecule has 2 aliphatic heterocycles. The second-order valence-electron chi connectivity index (χ2n) is 5.23. The molecular formula is C14H20ClN3OS. The molecule has 0 radical (unpaired) electrons. The van der Waals surface area contributed by atoms with E-state index in [0.717, 1.165) is 23.9 Å². The molecular weight excluding hydrogens is 294 g/mol. The lowest BCUT2D eigenvalue weighted by Crippen LogP contribution is -2.31. The number of thiophene rings is 1. The van der Waals surface area contributed by atoms with Gasteiger partial charge in [0.1, 0.15) is 11.5 Å². The lowest BCUT2D eigenvalue weighted by molar-refractivity contribution is -0.118. The minimum absolute atomic E-state index is 0. The van der Waals surface area contributed by atoms with Crippen LogP contribution in [0.25, 0.3) is 0 Å². The third-order valence-corrected chi connectivity index (χ3v) is 5.09. The number of halogens is 1. The number of amides is 1. The monoisotopic (exact) mass is 313 g/mol. The number of hydrogen-bond acceptors (Lipinski definition) is 4. The van der Waals surface area contributed by atoms with Crippen LogP contribution in [-0.4, -0.2) is 23.3 Å². The summed E-state index contributed by atoms with van der Waals surface area (Å²) in [5, 5.41) is 3.92. The highest BCUT2D eigenvalue weighted by Crippen LogP contribution is 2.39. The van der Waals surface area contributed by atoms with E-state index in [4.69, 9.17) is 0 Å². The van der Waals surface area contributed by atoms with E-state index in [1.807, 2.05) is 4.90 Å². The first-order valence-corrected chi connectivity index (χ1v) is 7.75. The van der Waals surface area contributed by atoms with Crippen molar-refractivity contribution in [1.29, 1.82) is 0 Å². The number of carbonyl (C=O) groups is 1. The molecule has 1 aromatic rings. The van der Waals surface area contributed by atoms with Crippen LogP contribution in [0.2, 0.25) is 0 Å². The van der Waals surface area contributed by atoms with Crippen molar-refractivity contribution < 1.29 is 4.79 Å². The zero-order valence-corrected chi connectivity index (χ0v) is 13.5. The Morgan fingerprint density at radius 1 is 1.35 bits per heavy atom. The highest BCUT2D eigenvalue weighted by molar-refractivity contribution is 7.16. The topological polar surface area (TPSA) is 44.7 Å². The van der Waals surface area contributed by atoms with Crippen LogP contribution in [0.1, 0.15) is 42.2 Å². The fraction of sp³-hybridized carbons (Fsp3) is 0.571. The van der Waals surface area contributed by atoms with Gasteiger partial charge in [0, 0.05) is 17.0 Å². The number of aliphatic imine (C=N–C) groups is 1. The number of unbranched alkanes of at least 4 members (excludes halogenated alkanes) is 2. The van der Waals surface area contributed by atoms with Gasteiger partial charge in [0.15, 0.2) is 0 Å². The Labute approximate surface area is 129 Å². The smallest absolute Gasteiger partial charge is 0.246 e. The SMILES string of the molecule is CCCCCc1sc2c(c1C)CN1CC(=O)NC1=N2.Cl. The summed E-state index contributed by atoms with van der Waals surface area (Å²) in [6.07, 6.45) is 4.97. The van der Waals surface area contributed by atoms with Crippen molar-refractivity contribution in [2.75, 3.05) is 6.54 Å². The highest BCUT2D eigenvalue weighted by atomic mass is 35.5. The van der Waals surface area contributed by atoms with Crippen molar-refractivity contribution in [3.05, 3.63) is 16.0 Å². The lowest BCUT2D eigenvalue weighted by atomic mass is 10.1. The molecule has 1 aromatic heterocycles. The van der Waals surface area contributed by atoms with E-state index in [2.05, 4.69) is 24.2 Å². The highest BCUT2D eigenvalue weighted by Gasteiger charge is 2.31. The first kappa shape index (κ1) is 15.3. The average Bonchev–Trinajstić information content (AvgIpc) is 2.88. The van der Waals surface area contributed by atoms with Gasteiger partial charge in [-0.1, -0.05) is 19.8 Å². The van der Waals surface area contributed by atoms with Crippen molar-refractivity contribution in [2.24, 2.45) is 4.99 Å². The molecule has 0 spiro atoms. The van der Waals surface area contributed by atoms with Crippen molar-refractivity contribution in [1.82, 2.24) is 10.2 Å². The fourth-order valence-corrected chi connectivity index (χ4v) is 3.87. The number of aryl methyl sites for hydroxylation is 1. The molecule has 6 heteroatoms. The summed E-state index contributed by atoms with van der Waals surface area (Å²) in [6, 6.07) is 0. The molecule has 0 atom stereocenters. The molecule has 0 saturated carbocycles. The number of nitrogens with zero attached hydrogens (tertiary/aromatic N) is 2. The van der Waals surface area contributed by atoms with Crippen LogP contribution in [0.5, 0.6) is 0 Å². The molecule has 0 unspecified atom stereocenters. The van der Waals surface area contributed by atoms with Crippen LogP contribution < -0.4 is 5.32 Å². The Hall–Kier alpha value is -1.07.